The Balaban J connectivity index is 2.42. The van der Waals surface area contributed by atoms with Crippen LogP contribution in [0.4, 0.5) is 8.78 Å². The standard InChI is InChI=1S/C11H13F2NO2/c12-10(13)4-2-1-3-8-5-6-14-9(7-8)11(15)16/h5-7,10H,1-4H2,(H,15,16). The number of halogens is 2. The first-order valence-electron chi connectivity index (χ1n) is 5.06. The fraction of sp³-hybridized carbons (Fsp3) is 0.455. The quantitative estimate of drug-likeness (QED) is 0.763. The fourth-order valence-electron chi connectivity index (χ4n) is 1.37. The summed E-state index contributed by atoms with van der Waals surface area (Å²) in [4.78, 5) is 14.3. The van der Waals surface area contributed by atoms with Crippen LogP contribution in [0.5, 0.6) is 0 Å². The topological polar surface area (TPSA) is 50.2 Å². The summed E-state index contributed by atoms with van der Waals surface area (Å²) in [6.07, 6.45) is 0.751. The number of rotatable bonds is 6. The van der Waals surface area contributed by atoms with Crippen molar-refractivity contribution < 1.29 is 18.7 Å². The highest BCUT2D eigenvalue weighted by atomic mass is 19.3. The molecule has 88 valence electrons. The minimum absolute atomic E-state index is 0.00800. The Morgan fingerprint density at radius 1 is 1.44 bits per heavy atom. The van der Waals surface area contributed by atoms with Gasteiger partial charge in [0.2, 0.25) is 6.43 Å². The number of carboxylic acid groups (broad SMARTS) is 1. The zero-order chi connectivity index (χ0) is 12.0. The number of aryl methyl sites for hydroxylation is 1. The molecular weight excluding hydrogens is 216 g/mol. The number of carboxylic acids is 1. The van der Waals surface area contributed by atoms with Crippen LogP contribution in [0.25, 0.3) is 0 Å². The summed E-state index contributed by atoms with van der Waals surface area (Å²) in [7, 11) is 0. The van der Waals surface area contributed by atoms with Gasteiger partial charge < -0.3 is 5.11 Å². The van der Waals surface area contributed by atoms with E-state index in [1.807, 2.05) is 0 Å². The number of aromatic nitrogens is 1. The number of pyridine rings is 1. The molecule has 1 heterocycles. The second kappa shape index (κ2) is 6.15. The van der Waals surface area contributed by atoms with Crippen LogP contribution in [0.2, 0.25) is 0 Å². The van der Waals surface area contributed by atoms with Gasteiger partial charge in [0.1, 0.15) is 5.69 Å². The molecule has 0 fully saturated rings. The van der Waals surface area contributed by atoms with Crippen LogP contribution in [0.3, 0.4) is 0 Å². The number of nitrogens with zero attached hydrogens (tertiary/aromatic N) is 1. The summed E-state index contributed by atoms with van der Waals surface area (Å²) in [5, 5.41) is 8.69. The first kappa shape index (κ1) is 12.5. The number of hydrogen-bond donors (Lipinski definition) is 1. The lowest BCUT2D eigenvalue weighted by atomic mass is 10.1. The Hall–Kier alpha value is -1.52. The van der Waals surface area contributed by atoms with Crippen molar-refractivity contribution in [2.75, 3.05) is 0 Å². The van der Waals surface area contributed by atoms with E-state index in [0.717, 1.165) is 5.56 Å². The molecule has 0 aliphatic carbocycles. The minimum Gasteiger partial charge on any atom is -0.477 e. The van der Waals surface area contributed by atoms with E-state index >= 15 is 0 Å². The van der Waals surface area contributed by atoms with Gasteiger partial charge in [0, 0.05) is 12.6 Å². The van der Waals surface area contributed by atoms with Gasteiger partial charge in [-0.2, -0.15) is 0 Å². The van der Waals surface area contributed by atoms with Gasteiger partial charge in [-0.15, -0.1) is 0 Å². The lowest BCUT2D eigenvalue weighted by Gasteiger charge is -2.02. The minimum atomic E-state index is -2.26. The van der Waals surface area contributed by atoms with Crippen LogP contribution in [0, 0.1) is 0 Å². The highest BCUT2D eigenvalue weighted by molar-refractivity contribution is 5.85. The molecule has 5 heteroatoms. The molecule has 1 aromatic rings. The summed E-state index contributed by atoms with van der Waals surface area (Å²) in [6.45, 7) is 0. The average molecular weight is 229 g/mol. The fourth-order valence-corrected chi connectivity index (χ4v) is 1.37. The molecule has 1 N–H and O–H groups in total. The van der Waals surface area contributed by atoms with Crippen LogP contribution >= 0.6 is 0 Å². The molecule has 16 heavy (non-hydrogen) atoms. The van der Waals surface area contributed by atoms with Gasteiger partial charge in [-0.05, 0) is 37.0 Å². The zero-order valence-electron chi connectivity index (χ0n) is 8.70. The van der Waals surface area contributed by atoms with Crippen molar-refractivity contribution in [2.45, 2.75) is 32.1 Å². The Bertz CT molecular complexity index is 356. The monoisotopic (exact) mass is 229 g/mol. The Kier molecular flexibility index (Phi) is 4.82. The molecule has 0 radical (unpaired) electrons. The van der Waals surface area contributed by atoms with Crippen molar-refractivity contribution in [1.82, 2.24) is 4.98 Å². The summed E-state index contributed by atoms with van der Waals surface area (Å²) in [5.74, 6) is -1.07. The Morgan fingerprint density at radius 3 is 2.81 bits per heavy atom. The van der Waals surface area contributed by atoms with E-state index in [-0.39, 0.29) is 12.1 Å². The molecule has 0 amide bonds. The third-order valence-corrected chi connectivity index (χ3v) is 2.18. The van der Waals surface area contributed by atoms with Gasteiger partial charge in [-0.1, -0.05) is 0 Å². The second-order valence-electron chi connectivity index (χ2n) is 3.49. The molecule has 0 bridgehead atoms. The summed E-state index contributed by atoms with van der Waals surface area (Å²) in [6, 6.07) is 3.18. The first-order chi connectivity index (χ1) is 7.59. The first-order valence-corrected chi connectivity index (χ1v) is 5.06. The van der Waals surface area contributed by atoms with Crippen molar-refractivity contribution in [1.29, 1.82) is 0 Å². The van der Waals surface area contributed by atoms with Crippen LogP contribution in [0.1, 0.15) is 35.3 Å². The highest BCUT2D eigenvalue weighted by Gasteiger charge is 2.05. The molecule has 0 unspecified atom stereocenters. The van der Waals surface area contributed by atoms with Gasteiger partial charge in [0.25, 0.3) is 0 Å². The normalized spacial score (nSPS) is 10.7. The summed E-state index contributed by atoms with van der Waals surface area (Å²) in [5.41, 5.74) is 0.813. The maximum Gasteiger partial charge on any atom is 0.354 e. The number of unbranched alkanes of at least 4 members (excludes halogenated alkanes) is 1. The molecule has 0 saturated carbocycles. The molecule has 0 saturated heterocycles. The predicted molar refractivity (Wildman–Crippen MR) is 54.8 cm³/mol. The van der Waals surface area contributed by atoms with Gasteiger partial charge in [-0.25, -0.2) is 18.6 Å². The summed E-state index contributed by atoms with van der Waals surface area (Å²) >= 11 is 0. The molecule has 1 aromatic heterocycles. The number of carbonyl (C=O) groups is 1. The Morgan fingerprint density at radius 2 is 2.19 bits per heavy atom. The molecular formula is C11H13F2NO2. The molecule has 3 nitrogen and oxygen atoms in total. The average Bonchev–Trinajstić information content (AvgIpc) is 2.24. The van der Waals surface area contributed by atoms with Crippen LogP contribution < -0.4 is 0 Å². The smallest absolute Gasteiger partial charge is 0.354 e. The zero-order valence-corrected chi connectivity index (χ0v) is 8.70. The lowest BCUT2D eigenvalue weighted by molar-refractivity contribution is 0.0690. The van der Waals surface area contributed by atoms with Crippen molar-refractivity contribution in [3.8, 4) is 0 Å². The van der Waals surface area contributed by atoms with Crippen molar-refractivity contribution in [3.05, 3.63) is 29.6 Å². The van der Waals surface area contributed by atoms with Crippen LogP contribution in [0.15, 0.2) is 18.3 Å². The van der Waals surface area contributed by atoms with E-state index in [1.165, 1.54) is 12.3 Å². The van der Waals surface area contributed by atoms with E-state index in [1.54, 1.807) is 6.07 Å². The van der Waals surface area contributed by atoms with Crippen LogP contribution in [-0.4, -0.2) is 22.5 Å². The third kappa shape index (κ3) is 4.33. The van der Waals surface area contributed by atoms with E-state index in [4.69, 9.17) is 5.11 Å². The molecule has 0 spiro atoms. The van der Waals surface area contributed by atoms with E-state index in [2.05, 4.69) is 4.98 Å². The van der Waals surface area contributed by atoms with Gasteiger partial charge in [-0.3, -0.25) is 0 Å². The number of hydrogen-bond acceptors (Lipinski definition) is 2. The lowest BCUT2D eigenvalue weighted by Crippen LogP contribution is -2.01. The predicted octanol–water partition coefficient (Wildman–Crippen LogP) is 2.76. The highest BCUT2D eigenvalue weighted by Crippen LogP contribution is 2.10. The van der Waals surface area contributed by atoms with Crippen molar-refractivity contribution in [3.63, 3.8) is 0 Å². The van der Waals surface area contributed by atoms with Gasteiger partial charge in [0.05, 0.1) is 0 Å². The van der Waals surface area contributed by atoms with Gasteiger partial charge in [0.15, 0.2) is 0 Å². The van der Waals surface area contributed by atoms with Gasteiger partial charge >= 0.3 is 5.97 Å². The van der Waals surface area contributed by atoms with Crippen LogP contribution in [-0.2, 0) is 6.42 Å². The molecule has 0 atom stereocenters. The summed E-state index contributed by atoms with van der Waals surface area (Å²) < 4.78 is 23.7. The molecule has 0 aliphatic heterocycles. The largest absolute Gasteiger partial charge is 0.477 e. The molecule has 0 aromatic carbocycles. The molecule has 0 aliphatic rings. The second-order valence-corrected chi connectivity index (χ2v) is 3.49. The van der Waals surface area contributed by atoms with E-state index < -0.39 is 12.4 Å². The van der Waals surface area contributed by atoms with E-state index in [0.29, 0.717) is 19.3 Å². The number of alkyl halides is 2. The van der Waals surface area contributed by atoms with Crippen molar-refractivity contribution in [2.24, 2.45) is 0 Å². The molecule has 1 rings (SSSR count). The third-order valence-electron chi connectivity index (χ3n) is 2.18. The maximum absolute atomic E-state index is 11.8. The Labute approximate surface area is 92.1 Å². The van der Waals surface area contributed by atoms with Crippen molar-refractivity contribution >= 4 is 5.97 Å². The maximum atomic E-state index is 11.8. The SMILES string of the molecule is O=C(O)c1cc(CCCCC(F)F)ccn1. The van der Waals surface area contributed by atoms with E-state index in [9.17, 15) is 13.6 Å². The number of aromatic carboxylic acids is 1.